The number of nitrogens with one attached hydrogen (secondary N) is 2. The quantitative estimate of drug-likeness (QED) is 0.721. The molecule has 2 aliphatic heterocycles. The van der Waals surface area contributed by atoms with Gasteiger partial charge in [0.05, 0.1) is 6.10 Å². The maximum atomic E-state index is 9.73. The molecular formula is C14H20N2O3. The number of ether oxygens (including phenoxy) is 2. The monoisotopic (exact) mass is 264 g/mol. The molecule has 0 aromatic heterocycles. The van der Waals surface area contributed by atoms with Crippen molar-refractivity contribution in [2.24, 2.45) is 5.92 Å². The third-order valence-corrected chi connectivity index (χ3v) is 3.67. The lowest BCUT2D eigenvalue weighted by Gasteiger charge is -2.21. The zero-order valence-corrected chi connectivity index (χ0v) is 10.9. The van der Waals surface area contributed by atoms with Crippen LogP contribution in [-0.4, -0.2) is 44.1 Å². The molecule has 2 aliphatic rings. The number of aliphatic hydroxyl groups excluding tert-OH is 1. The molecule has 3 N–H and O–H groups in total. The van der Waals surface area contributed by atoms with Crippen LogP contribution >= 0.6 is 0 Å². The van der Waals surface area contributed by atoms with Crippen LogP contribution in [0.2, 0.25) is 0 Å². The first-order valence-electron chi connectivity index (χ1n) is 6.81. The van der Waals surface area contributed by atoms with Crippen LogP contribution in [0.5, 0.6) is 11.5 Å². The van der Waals surface area contributed by atoms with Crippen LogP contribution in [0.25, 0.3) is 0 Å². The molecule has 0 amide bonds. The molecule has 2 atom stereocenters. The molecule has 1 saturated heterocycles. The van der Waals surface area contributed by atoms with Crippen molar-refractivity contribution in [2.45, 2.75) is 12.6 Å². The molecule has 1 fully saturated rings. The van der Waals surface area contributed by atoms with Gasteiger partial charge in [0.1, 0.15) is 13.2 Å². The Bertz CT molecular complexity index is 439. The number of hydrogen-bond donors (Lipinski definition) is 3. The van der Waals surface area contributed by atoms with Crippen molar-refractivity contribution in [3.63, 3.8) is 0 Å². The zero-order valence-electron chi connectivity index (χ0n) is 10.9. The number of rotatable bonds is 4. The van der Waals surface area contributed by atoms with Crippen molar-refractivity contribution in [3.8, 4) is 11.5 Å². The molecule has 0 aliphatic carbocycles. The van der Waals surface area contributed by atoms with Gasteiger partial charge in [-0.15, -0.1) is 0 Å². The molecule has 0 bridgehead atoms. The average molecular weight is 264 g/mol. The Morgan fingerprint density at radius 1 is 1.26 bits per heavy atom. The average Bonchev–Trinajstić information content (AvgIpc) is 2.85. The molecule has 104 valence electrons. The molecular weight excluding hydrogens is 244 g/mol. The summed E-state index contributed by atoms with van der Waals surface area (Å²) < 4.78 is 11.2. The van der Waals surface area contributed by atoms with E-state index >= 15 is 0 Å². The summed E-state index contributed by atoms with van der Waals surface area (Å²) >= 11 is 0. The van der Waals surface area contributed by atoms with Gasteiger partial charge in [0.15, 0.2) is 11.5 Å². The van der Waals surface area contributed by atoms with Gasteiger partial charge in [-0.25, -0.2) is 0 Å². The standard InChI is InChI=1S/C14H20N2O3/c17-12-9-16-8-11(12)7-15-6-10-2-1-3-13-14(10)19-5-4-18-13/h1-3,11-12,15-17H,4-9H2. The maximum absolute atomic E-state index is 9.73. The fourth-order valence-corrected chi connectivity index (χ4v) is 2.59. The largest absolute Gasteiger partial charge is 0.486 e. The first-order chi connectivity index (χ1) is 9.34. The van der Waals surface area contributed by atoms with E-state index in [1.54, 1.807) is 0 Å². The SMILES string of the molecule is OC1CNCC1CNCc1cccc2c1OCCO2. The van der Waals surface area contributed by atoms with E-state index in [2.05, 4.69) is 10.6 Å². The molecule has 19 heavy (non-hydrogen) atoms. The highest BCUT2D eigenvalue weighted by Crippen LogP contribution is 2.33. The minimum atomic E-state index is -0.239. The lowest BCUT2D eigenvalue weighted by Crippen LogP contribution is -2.30. The van der Waals surface area contributed by atoms with Crippen LogP contribution in [0.3, 0.4) is 0 Å². The molecule has 3 rings (SSSR count). The van der Waals surface area contributed by atoms with E-state index in [9.17, 15) is 5.11 Å². The van der Waals surface area contributed by atoms with Gasteiger partial charge in [0.2, 0.25) is 0 Å². The highest BCUT2D eigenvalue weighted by molar-refractivity contribution is 5.47. The molecule has 5 heteroatoms. The summed E-state index contributed by atoms with van der Waals surface area (Å²) in [5, 5.41) is 16.3. The Hall–Kier alpha value is -1.30. The van der Waals surface area contributed by atoms with Crippen molar-refractivity contribution in [2.75, 3.05) is 32.8 Å². The third kappa shape index (κ3) is 2.83. The minimum absolute atomic E-state index is 0.239. The van der Waals surface area contributed by atoms with E-state index in [4.69, 9.17) is 9.47 Å². The van der Waals surface area contributed by atoms with E-state index in [-0.39, 0.29) is 12.0 Å². The minimum Gasteiger partial charge on any atom is -0.486 e. The third-order valence-electron chi connectivity index (χ3n) is 3.67. The Kier molecular flexibility index (Phi) is 3.87. The first-order valence-corrected chi connectivity index (χ1v) is 6.81. The molecule has 0 radical (unpaired) electrons. The second kappa shape index (κ2) is 5.77. The highest BCUT2D eigenvalue weighted by Gasteiger charge is 2.24. The summed E-state index contributed by atoms with van der Waals surface area (Å²) in [5.74, 6) is 1.97. The summed E-state index contributed by atoms with van der Waals surface area (Å²) in [6, 6.07) is 5.96. The van der Waals surface area contributed by atoms with Gasteiger partial charge in [-0.05, 0) is 6.07 Å². The van der Waals surface area contributed by atoms with Gasteiger partial charge in [-0.2, -0.15) is 0 Å². The van der Waals surface area contributed by atoms with Crippen LogP contribution in [0.4, 0.5) is 0 Å². The number of benzene rings is 1. The Balaban J connectivity index is 1.58. The van der Waals surface area contributed by atoms with Crippen molar-refractivity contribution in [1.29, 1.82) is 0 Å². The van der Waals surface area contributed by atoms with Crippen LogP contribution in [-0.2, 0) is 6.54 Å². The van der Waals surface area contributed by atoms with E-state index < -0.39 is 0 Å². The van der Waals surface area contributed by atoms with E-state index in [1.165, 1.54) is 0 Å². The zero-order chi connectivity index (χ0) is 13.1. The smallest absolute Gasteiger partial charge is 0.165 e. The van der Waals surface area contributed by atoms with Gasteiger partial charge >= 0.3 is 0 Å². The number of para-hydroxylation sites is 1. The molecule has 0 saturated carbocycles. The second-order valence-electron chi connectivity index (χ2n) is 5.06. The fraction of sp³-hybridized carbons (Fsp3) is 0.571. The fourth-order valence-electron chi connectivity index (χ4n) is 2.59. The predicted octanol–water partition coefficient (Wildman–Crippen LogP) is 0.128. The Morgan fingerprint density at radius 2 is 2.16 bits per heavy atom. The van der Waals surface area contributed by atoms with Crippen LogP contribution in [0, 0.1) is 5.92 Å². The molecule has 0 spiro atoms. The number of β-amino-alcohol motifs (C(OH)–C–C–N with tert-alkyl or cyclic N) is 1. The summed E-state index contributed by atoms with van der Waals surface area (Å²) in [4.78, 5) is 0. The Morgan fingerprint density at radius 3 is 3.00 bits per heavy atom. The first kappa shape index (κ1) is 12.7. The van der Waals surface area contributed by atoms with Gasteiger partial charge in [0, 0.05) is 37.7 Å². The molecule has 2 heterocycles. The van der Waals surface area contributed by atoms with E-state index in [0.29, 0.717) is 19.8 Å². The van der Waals surface area contributed by atoms with E-state index in [1.807, 2.05) is 18.2 Å². The maximum Gasteiger partial charge on any atom is 0.165 e. The van der Waals surface area contributed by atoms with Crippen LogP contribution in [0.15, 0.2) is 18.2 Å². The number of fused-ring (bicyclic) bond motifs is 1. The normalized spacial score (nSPS) is 25.5. The lowest BCUT2D eigenvalue weighted by atomic mass is 10.1. The molecule has 1 aromatic rings. The van der Waals surface area contributed by atoms with Crippen molar-refractivity contribution < 1.29 is 14.6 Å². The van der Waals surface area contributed by atoms with Crippen molar-refractivity contribution in [3.05, 3.63) is 23.8 Å². The summed E-state index contributed by atoms with van der Waals surface area (Å²) in [6.07, 6.45) is -0.239. The van der Waals surface area contributed by atoms with Gasteiger partial charge in [0.25, 0.3) is 0 Å². The lowest BCUT2D eigenvalue weighted by molar-refractivity contribution is 0.146. The van der Waals surface area contributed by atoms with Gasteiger partial charge in [-0.3, -0.25) is 0 Å². The van der Waals surface area contributed by atoms with E-state index in [0.717, 1.165) is 36.7 Å². The predicted molar refractivity (Wildman–Crippen MR) is 71.5 cm³/mol. The molecule has 1 aromatic carbocycles. The summed E-state index contributed by atoms with van der Waals surface area (Å²) in [7, 11) is 0. The van der Waals surface area contributed by atoms with Crippen LogP contribution in [0.1, 0.15) is 5.56 Å². The molecule has 2 unspecified atom stereocenters. The Labute approximate surface area is 112 Å². The number of aliphatic hydroxyl groups is 1. The topological polar surface area (TPSA) is 62.8 Å². The van der Waals surface area contributed by atoms with Gasteiger partial charge < -0.3 is 25.2 Å². The van der Waals surface area contributed by atoms with Gasteiger partial charge in [-0.1, -0.05) is 12.1 Å². The highest BCUT2D eigenvalue weighted by atomic mass is 16.6. The van der Waals surface area contributed by atoms with Crippen LogP contribution < -0.4 is 20.1 Å². The molecule has 5 nitrogen and oxygen atoms in total. The summed E-state index contributed by atoms with van der Waals surface area (Å²) in [5.41, 5.74) is 1.11. The number of hydrogen-bond acceptors (Lipinski definition) is 5. The summed E-state index contributed by atoms with van der Waals surface area (Å²) in [6.45, 7) is 4.33. The van der Waals surface area contributed by atoms with Crippen molar-refractivity contribution in [1.82, 2.24) is 10.6 Å². The van der Waals surface area contributed by atoms with Crippen molar-refractivity contribution >= 4 is 0 Å². The second-order valence-corrected chi connectivity index (χ2v) is 5.06.